The Morgan fingerprint density at radius 2 is 1.08 bits per heavy atom. The highest BCUT2D eigenvalue weighted by Crippen LogP contribution is 2.56. The van der Waals surface area contributed by atoms with Gasteiger partial charge in [0.2, 0.25) is 0 Å². The molecule has 4 heteroatoms. The minimum absolute atomic E-state index is 0.0510. The number of fused-ring (bicyclic) bond motifs is 11. The van der Waals surface area contributed by atoms with E-state index in [1.54, 1.807) is 0 Å². The van der Waals surface area contributed by atoms with Gasteiger partial charge in [-0.3, -0.25) is 0 Å². The Hall–Kier alpha value is -7.82. The molecule has 0 atom stereocenters. The van der Waals surface area contributed by atoms with Crippen LogP contribution >= 0.6 is 0 Å². The largest absolute Gasteiger partial charge is 0.458 e. The summed E-state index contributed by atoms with van der Waals surface area (Å²) in [4.78, 5) is 4.90. The Morgan fingerprint density at radius 3 is 1.84 bits per heavy atom. The Balaban J connectivity index is 1.05. The molecule has 296 valence electrons. The zero-order valence-electron chi connectivity index (χ0n) is 35.1. The van der Waals surface area contributed by atoms with Crippen LogP contribution in [0.1, 0.15) is 25.0 Å². The first kappa shape index (κ1) is 35.9. The molecular weight excluding hydrogens is 763 g/mol. The molecule has 63 heavy (non-hydrogen) atoms. The summed E-state index contributed by atoms with van der Waals surface area (Å²) in [6, 6.07) is 77.5. The van der Waals surface area contributed by atoms with Crippen LogP contribution in [0.3, 0.4) is 0 Å². The number of benzene rings is 10. The molecule has 0 amide bonds. The third-order valence-electron chi connectivity index (χ3n) is 13.9. The maximum atomic E-state index is 7.21. The molecule has 0 spiro atoms. The lowest BCUT2D eigenvalue weighted by molar-refractivity contribution is 0.487. The molecule has 0 unspecified atom stereocenters. The van der Waals surface area contributed by atoms with Crippen molar-refractivity contribution in [3.8, 4) is 33.8 Å². The minimum Gasteiger partial charge on any atom is -0.458 e. The van der Waals surface area contributed by atoms with Crippen LogP contribution in [-0.2, 0) is 5.41 Å². The van der Waals surface area contributed by atoms with Crippen molar-refractivity contribution in [1.82, 2.24) is 0 Å². The van der Waals surface area contributed by atoms with E-state index in [-0.39, 0.29) is 12.1 Å². The molecule has 10 aromatic rings. The standard InChI is InChI=1S/C59H41BN2O/c1-59(2)47-36-49-55(35-46(47)56-45-29-15-14-28-44(45)53(37-48(56)59)61(40-22-8-4-9-23-40)41-24-10-5-11-25-41)63-54-32-18-31-51-58(54)60(49)57-43-27-13-12-21-39(43)33-34-52(57)62(51)50-30-17-16-26-42(50)38-19-6-3-7-20-38/h3-37H,1-2H3. The first-order valence-electron chi connectivity index (χ1n) is 22.0. The van der Waals surface area contributed by atoms with Gasteiger partial charge in [0.15, 0.2) is 0 Å². The number of ether oxygens (including phenoxy) is 1. The van der Waals surface area contributed by atoms with Gasteiger partial charge in [0.1, 0.15) is 11.5 Å². The van der Waals surface area contributed by atoms with Gasteiger partial charge in [0, 0.05) is 39.1 Å². The number of hydrogen-bond donors (Lipinski definition) is 0. The molecule has 13 rings (SSSR count). The summed E-state index contributed by atoms with van der Waals surface area (Å²) in [6.45, 7) is 4.77. The molecule has 0 saturated heterocycles. The Bertz CT molecular complexity index is 3430. The average Bonchev–Trinajstić information content (AvgIpc) is 3.56. The molecule has 0 radical (unpaired) electrons. The molecule has 0 N–H and O–H groups in total. The van der Waals surface area contributed by atoms with Crippen molar-refractivity contribution < 1.29 is 4.74 Å². The molecule has 0 bridgehead atoms. The Kier molecular flexibility index (Phi) is 7.75. The first-order valence-corrected chi connectivity index (χ1v) is 22.0. The number of para-hydroxylation sites is 3. The highest BCUT2D eigenvalue weighted by Gasteiger charge is 2.46. The molecule has 10 aromatic carbocycles. The van der Waals surface area contributed by atoms with Gasteiger partial charge in [0.25, 0.3) is 6.71 Å². The van der Waals surface area contributed by atoms with Crippen molar-refractivity contribution >= 4 is 78.8 Å². The van der Waals surface area contributed by atoms with E-state index in [0.717, 1.165) is 34.2 Å². The highest BCUT2D eigenvalue weighted by molar-refractivity contribution is 7.00. The third-order valence-corrected chi connectivity index (χ3v) is 13.9. The molecule has 0 fully saturated rings. The van der Waals surface area contributed by atoms with Gasteiger partial charge in [-0.15, -0.1) is 0 Å². The Labute approximate surface area is 368 Å². The molecule has 2 aliphatic heterocycles. The lowest BCUT2D eigenvalue weighted by Crippen LogP contribution is -2.60. The van der Waals surface area contributed by atoms with Crippen molar-refractivity contribution in [1.29, 1.82) is 0 Å². The smallest absolute Gasteiger partial charge is 0.257 e. The number of anilines is 6. The SMILES string of the molecule is CC1(C)c2cc3c(cc2-c2c1cc(N(c1ccccc1)c1ccccc1)c1ccccc21)Oc1cccc2c1B3c1c(ccc3ccccc13)N2c1ccccc1-c1ccccc1. The van der Waals surface area contributed by atoms with Crippen molar-refractivity contribution in [3.05, 3.63) is 223 Å². The normalized spacial score (nSPS) is 13.7. The summed E-state index contributed by atoms with van der Waals surface area (Å²) < 4.78 is 7.21. The second kappa shape index (κ2) is 13.6. The average molecular weight is 805 g/mol. The van der Waals surface area contributed by atoms with E-state index in [1.165, 1.54) is 82.7 Å². The maximum absolute atomic E-state index is 7.21. The molecule has 3 nitrogen and oxygen atoms in total. The molecule has 2 heterocycles. The summed E-state index contributed by atoms with van der Waals surface area (Å²) in [5.74, 6) is 1.83. The van der Waals surface area contributed by atoms with Crippen molar-refractivity contribution in [3.63, 3.8) is 0 Å². The van der Waals surface area contributed by atoms with Gasteiger partial charge < -0.3 is 14.5 Å². The Morgan fingerprint density at radius 1 is 0.460 bits per heavy atom. The molecule has 3 aliphatic rings. The molecule has 0 aromatic heterocycles. The summed E-state index contributed by atoms with van der Waals surface area (Å²) in [5.41, 5.74) is 17.9. The quantitative estimate of drug-likeness (QED) is 0.161. The van der Waals surface area contributed by atoms with Crippen LogP contribution in [-0.4, -0.2) is 6.71 Å². The maximum Gasteiger partial charge on any atom is 0.257 e. The van der Waals surface area contributed by atoms with Crippen LogP contribution in [0.5, 0.6) is 11.5 Å². The van der Waals surface area contributed by atoms with E-state index in [0.29, 0.717) is 0 Å². The van der Waals surface area contributed by atoms with Gasteiger partial charge in [-0.2, -0.15) is 0 Å². The van der Waals surface area contributed by atoms with E-state index >= 15 is 0 Å². The summed E-state index contributed by atoms with van der Waals surface area (Å²) >= 11 is 0. The van der Waals surface area contributed by atoms with E-state index in [1.807, 2.05) is 0 Å². The van der Waals surface area contributed by atoms with E-state index in [4.69, 9.17) is 4.74 Å². The van der Waals surface area contributed by atoms with E-state index in [2.05, 4.69) is 236 Å². The predicted molar refractivity (Wildman–Crippen MR) is 265 cm³/mol. The molecular formula is C59H41BN2O. The van der Waals surface area contributed by atoms with Gasteiger partial charge in [-0.25, -0.2) is 0 Å². The molecule has 0 saturated carbocycles. The number of hydrogen-bond acceptors (Lipinski definition) is 3. The second-order valence-electron chi connectivity index (χ2n) is 17.6. The van der Waals surface area contributed by atoms with Crippen LogP contribution < -0.4 is 30.9 Å². The van der Waals surface area contributed by atoms with Crippen LogP contribution in [0.4, 0.5) is 34.1 Å². The lowest BCUT2D eigenvalue weighted by atomic mass is 9.33. The van der Waals surface area contributed by atoms with Crippen LogP contribution in [0.15, 0.2) is 212 Å². The molecule has 1 aliphatic carbocycles. The van der Waals surface area contributed by atoms with Crippen molar-refractivity contribution in [2.45, 2.75) is 19.3 Å². The van der Waals surface area contributed by atoms with E-state index in [9.17, 15) is 0 Å². The zero-order valence-corrected chi connectivity index (χ0v) is 35.1. The van der Waals surface area contributed by atoms with Crippen LogP contribution in [0, 0.1) is 0 Å². The van der Waals surface area contributed by atoms with Gasteiger partial charge in [0.05, 0.1) is 11.4 Å². The topological polar surface area (TPSA) is 15.7 Å². The van der Waals surface area contributed by atoms with Crippen molar-refractivity contribution in [2.75, 3.05) is 9.80 Å². The predicted octanol–water partition coefficient (Wildman–Crippen LogP) is 13.8. The summed E-state index contributed by atoms with van der Waals surface area (Å²) in [6.07, 6.45) is 0. The van der Waals surface area contributed by atoms with E-state index < -0.39 is 0 Å². The second-order valence-corrected chi connectivity index (χ2v) is 17.6. The fourth-order valence-electron chi connectivity index (χ4n) is 11.1. The number of rotatable bonds is 5. The minimum atomic E-state index is -0.311. The fraction of sp³-hybridized carbons (Fsp3) is 0.0508. The van der Waals surface area contributed by atoms with Gasteiger partial charge in [-0.1, -0.05) is 166 Å². The monoisotopic (exact) mass is 804 g/mol. The summed E-state index contributed by atoms with van der Waals surface area (Å²) in [5, 5.41) is 4.95. The van der Waals surface area contributed by atoms with Gasteiger partial charge >= 0.3 is 0 Å². The van der Waals surface area contributed by atoms with Crippen LogP contribution in [0.25, 0.3) is 43.8 Å². The lowest BCUT2D eigenvalue weighted by Gasteiger charge is -2.41. The highest BCUT2D eigenvalue weighted by atomic mass is 16.5. The third kappa shape index (κ3) is 5.22. The fourth-order valence-corrected chi connectivity index (χ4v) is 11.1. The van der Waals surface area contributed by atoms with Crippen molar-refractivity contribution in [2.24, 2.45) is 0 Å². The zero-order chi connectivity index (χ0) is 41.8. The number of nitrogens with zero attached hydrogens (tertiary/aromatic N) is 2. The first-order chi connectivity index (χ1) is 31.0. The summed E-state index contributed by atoms with van der Waals surface area (Å²) in [7, 11) is 0. The van der Waals surface area contributed by atoms with Crippen LogP contribution in [0.2, 0.25) is 0 Å². The van der Waals surface area contributed by atoms with Gasteiger partial charge in [-0.05, 0) is 121 Å².